The molecule has 2 aliphatic rings. The molecule has 1 aromatic rings. The van der Waals surface area contributed by atoms with E-state index in [9.17, 15) is 0 Å². The standard InChI is InChI=1S/C12H21N5/c13-11-8-14-17(9-11)7-5-15-4-6-16-3-1-2-12(16)10-15/h8-9,12H,1-7,10,13H2. The molecule has 0 bridgehead atoms. The molecule has 3 heterocycles. The van der Waals surface area contributed by atoms with Gasteiger partial charge >= 0.3 is 0 Å². The maximum absolute atomic E-state index is 5.65. The lowest BCUT2D eigenvalue weighted by molar-refractivity contribution is 0.101. The Hall–Kier alpha value is -1.07. The van der Waals surface area contributed by atoms with Gasteiger partial charge in [-0.05, 0) is 19.4 Å². The van der Waals surface area contributed by atoms with E-state index in [2.05, 4.69) is 14.9 Å². The molecule has 0 aromatic carbocycles. The molecule has 3 rings (SSSR count). The number of piperazine rings is 1. The zero-order valence-corrected chi connectivity index (χ0v) is 10.3. The van der Waals surface area contributed by atoms with Gasteiger partial charge in [0.15, 0.2) is 0 Å². The second-order valence-corrected chi connectivity index (χ2v) is 5.17. The van der Waals surface area contributed by atoms with E-state index < -0.39 is 0 Å². The molecule has 2 N–H and O–H groups in total. The quantitative estimate of drug-likeness (QED) is 0.815. The van der Waals surface area contributed by atoms with Gasteiger partial charge in [-0.15, -0.1) is 0 Å². The van der Waals surface area contributed by atoms with E-state index in [1.54, 1.807) is 6.20 Å². The van der Waals surface area contributed by atoms with Crippen LogP contribution < -0.4 is 5.73 Å². The molecule has 0 saturated carbocycles. The fraction of sp³-hybridized carbons (Fsp3) is 0.750. The van der Waals surface area contributed by atoms with Crippen molar-refractivity contribution < 1.29 is 0 Å². The summed E-state index contributed by atoms with van der Waals surface area (Å²) >= 11 is 0. The molecule has 0 radical (unpaired) electrons. The van der Waals surface area contributed by atoms with Crippen LogP contribution in [0.25, 0.3) is 0 Å². The van der Waals surface area contributed by atoms with Crippen LogP contribution in [0.4, 0.5) is 5.69 Å². The fourth-order valence-electron chi connectivity index (χ4n) is 3.00. The van der Waals surface area contributed by atoms with Crippen molar-refractivity contribution in [3.63, 3.8) is 0 Å². The van der Waals surface area contributed by atoms with E-state index in [0.29, 0.717) is 0 Å². The summed E-state index contributed by atoms with van der Waals surface area (Å²) in [4.78, 5) is 5.20. The third-order valence-corrected chi connectivity index (χ3v) is 3.97. The third kappa shape index (κ3) is 2.45. The van der Waals surface area contributed by atoms with Gasteiger partial charge in [-0.25, -0.2) is 0 Å². The second kappa shape index (κ2) is 4.66. The minimum atomic E-state index is 0.755. The lowest BCUT2D eigenvalue weighted by atomic mass is 10.1. The molecule has 94 valence electrons. The molecule has 1 aromatic heterocycles. The number of anilines is 1. The summed E-state index contributed by atoms with van der Waals surface area (Å²) in [6.07, 6.45) is 6.39. The molecule has 2 saturated heterocycles. The number of hydrogen-bond acceptors (Lipinski definition) is 4. The molecule has 5 heteroatoms. The molecule has 0 spiro atoms. The van der Waals surface area contributed by atoms with Crippen molar-refractivity contribution in [3.8, 4) is 0 Å². The number of nitrogens with zero attached hydrogens (tertiary/aromatic N) is 4. The Morgan fingerprint density at radius 3 is 3.06 bits per heavy atom. The van der Waals surface area contributed by atoms with Crippen molar-refractivity contribution >= 4 is 5.69 Å². The average molecular weight is 235 g/mol. The average Bonchev–Trinajstić information content (AvgIpc) is 2.94. The summed E-state index contributed by atoms with van der Waals surface area (Å²) in [6, 6.07) is 0.812. The minimum Gasteiger partial charge on any atom is -0.396 e. The van der Waals surface area contributed by atoms with Gasteiger partial charge in [0.2, 0.25) is 0 Å². The van der Waals surface area contributed by atoms with Gasteiger partial charge in [-0.2, -0.15) is 5.10 Å². The SMILES string of the molecule is Nc1cnn(CCN2CCN3CCCC3C2)c1. The maximum atomic E-state index is 5.65. The van der Waals surface area contributed by atoms with Crippen LogP contribution in [0.1, 0.15) is 12.8 Å². The van der Waals surface area contributed by atoms with E-state index in [4.69, 9.17) is 5.73 Å². The van der Waals surface area contributed by atoms with Crippen molar-refractivity contribution in [1.82, 2.24) is 19.6 Å². The Bertz CT molecular complexity index is 375. The normalized spacial score (nSPS) is 26.2. The predicted molar refractivity (Wildman–Crippen MR) is 67.7 cm³/mol. The largest absolute Gasteiger partial charge is 0.396 e. The van der Waals surface area contributed by atoms with E-state index in [-0.39, 0.29) is 0 Å². The lowest BCUT2D eigenvalue weighted by Gasteiger charge is -2.37. The first kappa shape index (κ1) is 11.0. The molecule has 1 atom stereocenters. The topological polar surface area (TPSA) is 50.3 Å². The predicted octanol–water partition coefficient (Wildman–Crippen LogP) is 0.245. The summed E-state index contributed by atoms with van der Waals surface area (Å²) in [5.41, 5.74) is 6.41. The van der Waals surface area contributed by atoms with Gasteiger partial charge < -0.3 is 5.73 Å². The summed E-state index contributed by atoms with van der Waals surface area (Å²) in [7, 11) is 0. The third-order valence-electron chi connectivity index (χ3n) is 3.97. The Labute approximate surface area is 102 Å². The van der Waals surface area contributed by atoms with Crippen LogP contribution in [-0.4, -0.2) is 58.3 Å². The highest BCUT2D eigenvalue weighted by molar-refractivity contribution is 5.30. The molecule has 1 unspecified atom stereocenters. The summed E-state index contributed by atoms with van der Waals surface area (Å²) < 4.78 is 1.94. The van der Waals surface area contributed by atoms with Crippen molar-refractivity contribution in [1.29, 1.82) is 0 Å². The number of nitrogen functional groups attached to an aromatic ring is 1. The highest BCUT2D eigenvalue weighted by atomic mass is 15.3. The van der Waals surface area contributed by atoms with Crippen LogP contribution >= 0.6 is 0 Å². The van der Waals surface area contributed by atoms with Crippen molar-refractivity contribution in [3.05, 3.63) is 12.4 Å². The number of fused-ring (bicyclic) bond motifs is 1. The van der Waals surface area contributed by atoms with Crippen molar-refractivity contribution in [2.75, 3.05) is 38.5 Å². The van der Waals surface area contributed by atoms with Crippen molar-refractivity contribution in [2.24, 2.45) is 0 Å². The molecule has 2 aliphatic heterocycles. The van der Waals surface area contributed by atoms with Gasteiger partial charge in [0, 0.05) is 38.4 Å². The Morgan fingerprint density at radius 2 is 2.24 bits per heavy atom. The summed E-state index contributed by atoms with van der Waals surface area (Å²) in [6.45, 7) is 7.03. The maximum Gasteiger partial charge on any atom is 0.0719 e. The first-order chi connectivity index (χ1) is 8.31. The summed E-state index contributed by atoms with van der Waals surface area (Å²) in [5.74, 6) is 0. The number of aromatic nitrogens is 2. The minimum absolute atomic E-state index is 0.755. The molecule has 0 amide bonds. The monoisotopic (exact) mass is 235 g/mol. The zero-order valence-electron chi connectivity index (χ0n) is 10.3. The van der Waals surface area contributed by atoms with Crippen LogP contribution in [0.5, 0.6) is 0 Å². The van der Waals surface area contributed by atoms with Crippen LogP contribution in [0.2, 0.25) is 0 Å². The van der Waals surface area contributed by atoms with Crippen LogP contribution in [0.15, 0.2) is 12.4 Å². The summed E-state index contributed by atoms with van der Waals surface area (Å²) in [5, 5.41) is 4.22. The van der Waals surface area contributed by atoms with Crippen LogP contribution in [0.3, 0.4) is 0 Å². The highest BCUT2D eigenvalue weighted by Gasteiger charge is 2.30. The van der Waals surface area contributed by atoms with Gasteiger partial charge in [0.05, 0.1) is 18.4 Å². The van der Waals surface area contributed by atoms with Gasteiger partial charge in [-0.3, -0.25) is 14.5 Å². The number of rotatable bonds is 3. The highest BCUT2D eigenvalue weighted by Crippen LogP contribution is 2.21. The second-order valence-electron chi connectivity index (χ2n) is 5.17. The van der Waals surface area contributed by atoms with E-state index in [1.165, 1.54) is 39.0 Å². The van der Waals surface area contributed by atoms with Crippen LogP contribution in [-0.2, 0) is 6.54 Å². The first-order valence-corrected chi connectivity index (χ1v) is 6.55. The number of nitrogens with two attached hydrogens (primary N) is 1. The fourth-order valence-corrected chi connectivity index (χ4v) is 3.00. The van der Waals surface area contributed by atoms with E-state index >= 15 is 0 Å². The van der Waals surface area contributed by atoms with Gasteiger partial charge in [-0.1, -0.05) is 0 Å². The van der Waals surface area contributed by atoms with Crippen molar-refractivity contribution in [2.45, 2.75) is 25.4 Å². The molecular weight excluding hydrogens is 214 g/mol. The van der Waals surface area contributed by atoms with Gasteiger partial charge in [0.1, 0.15) is 0 Å². The lowest BCUT2D eigenvalue weighted by Crippen LogP contribution is -2.50. The van der Waals surface area contributed by atoms with Gasteiger partial charge in [0.25, 0.3) is 0 Å². The Morgan fingerprint density at radius 1 is 1.29 bits per heavy atom. The Balaban J connectivity index is 1.49. The molecule has 17 heavy (non-hydrogen) atoms. The van der Waals surface area contributed by atoms with Crippen LogP contribution in [0, 0.1) is 0 Å². The molecular formula is C12H21N5. The molecule has 0 aliphatic carbocycles. The number of hydrogen-bond donors (Lipinski definition) is 1. The molecule has 2 fully saturated rings. The first-order valence-electron chi connectivity index (χ1n) is 6.55. The Kier molecular flexibility index (Phi) is 3.03. The molecule has 5 nitrogen and oxygen atoms in total. The van der Waals surface area contributed by atoms with E-state index in [0.717, 1.165) is 24.8 Å². The zero-order chi connectivity index (χ0) is 11.7. The van der Waals surface area contributed by atoms with E-state index in [1.807, 2.05) is 10.9 Å². The smallest absolute Gasteiger partial charge is 0.0719 e.